The summed E-state index contributed by atoms with van der Waals surface area (Å²) >= 11 is 1.96. The molecule has 2 atom stereocenters. The number of allylic oxidation sites excluding steroid dienone is 8. The second-order valence-electron chi connectivity index (χ2n) is 12.7. The van der Waals surface area contributed by atoms with E-state index in [2.05, 4.69) is 143 Å². The zero-order chi connectivity index (χ0) is 29.5. The first-order chi connectivity index (χ1) is 22.3. The summed E-state index contributed by atoms with van der Waals surface area (Å²) in [7, 11) is 0. The topological polar surface area (TPSA) is 8.17 Å². The van der Waals surface area contributed by atoms with Crippen molar-refractivity contribution in [3.63, 3.8) is 0 Å². The molecule has 0 saturated carbocycles. The fourth-order valence-corrected chi connectivity index (χ4v) is 9.66. The number of para-hydroxylation sites is 2. The highest BCUT2D eigenvalue weighted by Gasteiger charge is 2.38. The highest BCUT2D eigenvalue weighted by atomic mass is 32.1. The molecule has 0 N–H and O–H groups in total. The Bertz CT molecular complexity index is 2340. The number of anilines is 1. The number of benzene rings is 4. The molecule has 0 saturated heterocycles. The summed E-state index contributed by atoms with van der Waals surface area (Å²) in [4.78, 5) is 4.01. The average molecular weight is 597 g/mol. The molecule has 3 aliphatic carbocycles. The minimum absolute atomic E-state index is 0.293. The van der Waals surface area contributed by atoms with Crippen LogP contribution in [0.5, 0.6) is 0 Å². The van der Waals surface area contributed by atoms with E-state index in [9.17, 15) is 0 Å². The number of aromatic nitrogens is 1. The molecule has 6 aromatic rings. The van der Waals surface area contributed by atoms with Crippen LogP contribution in [0.3, 0.4) is 0 Å². The SMILES string of the molecule is C1=CC2=C(CC1)N(c1ccccc1)C1=CC=C(c3ccc4c(c3)c3ccccc3n4C3CC=Cc4c3sc3ccccc43)CC12. The molecular weight excluding hydrogens is 565 g/mol. The summed E-state index contributed by atoms with van der Waals surface area (Å²) in [6.45, 7) is 0. The molecule has 0 amide bonds. The van der Waals surface area contributed by atoms with Crippen LogP contribution in [0.1, 0.15) is 47.7 Å². The first-order valence-corrected chi connectivity index (χ1v) is 17.0. The van der Waals surface area contributed by atoms with Crippen molar-refractivity contribution in [2.75, 3.05) is 4.90 Å². The Hall–Kier alpha value is -4.86. The van der Waals surface area contributed by atoms with Gasteiger partial charge < -0.3 is 9.47 Å². The normalized spacial score (nSPS) is 20.5. The van der Waals surface area contributed by atoms with Gasteiger partial charge in [0.25, 0.3) is 0 Å². The Balaban J connectivity index is 1.10. The maximum Gasteiger partial charge on any atom is 0.0725 e. The summed E-state index contributed by atoms with van der Waals surface area (Å²) in [5.74, 6) is 0.397. The molecule has 2 nitrogen and oxygen atoms in total. The van der Waals surface area contributed by atoms with Gasteiger partial charge in [0.15, 0.2) is 0 Å². The Morgan fingerprint density at radius 3 is 2.47 bits per heavy atom. The molecule has 3 heterocycles. The first-order valence-electron chi connectivity index (χ1n) is 16.2. The standard InChI is InChI=1S/C42H32N2S/c1-2-11-29(12-3-1)43-36-17-7-4-13-30(36)34-25-27(21-23-38(34)43)28-22-24-39-35(26-28)31-14-5-8-18-37(31)44(39)40-19-10-16-33-32-15-6-9-20-41(32)45-42(33)40/h1-6,8-16,18,20-24,26,34,40H,7,17,19,25H2. The lowest BCUT2D eigenvalue weighted by atomic mass is 9.83. The minimum atomic E-state index is 0.293. The van der Waals surface area contributed by atoms with Crippen LogP contribution in [0.25, 0.3) is 43.5 Å². The molecule has 10 rings (SSSR count). The maximum absolute atomic E-state index is 2.62. The van der Waals surface area contributed by atoms with Crippen LogP contribution in [0.15, 0.2) is 144 Å². The van der Waals surface area contributed by atoms with Gasteiger partial charge in [-0.3, -0.25) is 0 Å². The van der Waals surface area contributed by atoms with Crippen LogP contribution in [0.2, 0.25) is 0 Å². The lowest BCUT2D eigenvalue weighted by molar-refractivity contribution is 0.637. The average Bonchev–Trinajstić information content (AvgIpc) is 3.76. The molecule has 0 radical (unpaired) electrons. The van der Waals surface area contributed by atoms with E-state index < -0.39 is 0 Å². The third kappa shape index (κ3) is 3.74. The number of hydrogen-bond acceptors (Lipinski definition) is 2. The zero-order valence-corrected chi connectivity index (χ0v) is 25.8. The number of nitrogens with zero attached hydrogens (tertiary/aromatic N) is 2. The third-order valence-electron chi connectivity index (χ3n) is 10.3. The van der Waals surface area contributed by atoms with Crippen molar-refractivity contribution < 1.29 is 0 Å². The zero-order valence-electron chi connectivity index (χ0n) is 25.0. The fourth-order valence-electron chi connectivity index (χ4n) is 8.36. The lowest BCUT2D eigenvalue weighted by Crippen LogP contribution is -2.20. The fraction of sp³-hybridized carbons (Fsp3) is 0.143. The predicted octanol–water partition coefficient (Wildman–Crippen LogP) is 11.4. The molecule has 2 unspecified atom stereocenters. The van der Waals surface area contributed by atoms with Gasteiger partial charge in [-0.15, -0.1) is 11.3 Å². The number of fused-ring (bicyclic) bond motifs is 8. The van der Waals surface area contributed by atoms with Crippen molar-refractivity contribution in [1.29, 1.82) is 0 Å². The van der Waals surface area contributed by atoms with Crippen molar-refractivity contribution >= 4 is 60.6 Å². The highest BCUT2D eigenvalue weighted by molar-refractivity contribution is 7.19. The van der Waals surface area contributed by atoms with Crippen LogP contribution in [0.4, 0.5) is 5.69 Å². The molecule has 4 aliphatic rings. The Morgan fingerprint density at radius 1 is 0.711 bits per heavy atom. The van der Waals surface area contributed by atoms with Gasteiger partial charge in [-0.2, -0.15) is 0 Å². The van der Waals surface area contributed by atoms with Gasteiger partial charge in [0.05, 0.1) is 6.04 Å². The largest absolute Gasteiger partial charge is 0.332 e. The molecule has 0 bridgehead atoms. The van der Waals surface area contributed by atoms with Gasteiger partial charge in [-0.05, 0) is 90.4 Å². The van der Waals surface area contributed by atoms with E-state index in [0.717, 1.165) is 25.7 Å². The van der Waals surface area contributed by atoms with E-state index in [1.807, 2.05) is 11.3 Å². The number of rotatable bonds is 3. The number of thiophene rings is 1. The van der Waals surface area contributed by atoms with E-state index in [1.54, 1.807) is 0 Å². The van der Waals surface area contributed by atoms with Crippen molar-refractivity contribution in [2.24, 2.45) is 5.92 Å². The van der Waals surface area contributed by atoms with Gasteiger partial charge in [0.1, 0.15) is 0 Å². The molecule has 0 fully saturated rings. The van der Waals surface area contributed by atoms with Crippen LogP contribution in [-0.2, 0) is 0 Å². The third-order valence-corrected chi connectivity index (χ3v) is 11.6. The second-order valence-corrected chi connectivity index (χ2v) is 13.8. The summed E-state index contributed by atoms with van der Waals surface area (Å²) < 4.78 is 4.00. The van der Waals surface area contributed by atoms with Crippen LogP contribution in [0, 0.1) is 5.92 Å². The monoisotopic (exact) mass is 596 g/mol. The Kier molecular flexibility index (Phi) is 5.56. The van der Waals surface area contributed by atoms with Crippen LogP contribution < -0.4 is 4.90 Å². The predicted molar refractivity (Wildman–Crippen MR) is 192 cm³/mol. The summed E-state index contributed by atoms with van der Waals surface area (Å²) in [6, 6.07) is 36.3. The van der Waals surface area contributed by atoms with Gasteiger partial charge in [-0.25, -0.2) is 0 Å². The second kappa shape index (κ2) is 9.82. The van der Waals surface area contributed by atoms with E-state index >= 15 is 0 Å². The quantitative estimate of drug-likeness (QED) is 0.197. The van der Waals surface area contributed by atoms with Gasteiger partial charge >= 0.3 is 0 Å². The van der Waals surface area contributed by atoms with Crippen molar-refractivity contribution in [3.05, 3.63) is 160 Å². The molecule has 45 heavy (non-hydrogen) atoms. The molecule has 3 heteroatoms. The molecule has 1 aliphatic heterocycles. The molecular formula is C42H32N2S. The lowest BCUT2D eigenvalue weighted by Gasteiger charge is -2.28. The molecule has 216 valence electrons. The smallest absolute Gasteiger partial charge is 0.0725 e. The Morgan fingerprint density at radius 2 is 1.53 bits per heavy atom. The van der Waals surface area contributed by atoms with Crippen LogP contribution >= 0.6 is 11.3 Å². The van der Waals surface area contributed by atoms with Crippen molar-refractivity contribution in [2.45, 2.75) is 31.7 Å². The molecule has 2 aromatic heterocycles. The minimum Gasteiger partial charge on any atom is -0.332 e. The summed E-state index contributed by atoms with van der Waals surface area (Å²) in [5.41, 5.74) is 12.5. The molecule has 4 aromatic carbocycles. The number of hydrogen-bond donors (Lipinski definition) is 0. The summed E-state index contributed by atoms with van der Waals surface area (Å²) in [6.07, 6.45) is 18.5. The van der Waals surface area contributed by atoms with Gasteiger partial charge in [-0.1, -0.05) is 91.0 Å². The van der Waals surface area contributed by atoms with E-state index in [0.29, 0.717) is 12.0 Å². The van der Waals surface area contributed by atoms with Crippen molar-refractivity contribution in [1.82, 2.24) is 4.57 Å². The Labute approximate surface area is 267 Å². The van der Waals surface area contributed by atoms with Crippen LogP contribution in [-0.4, -0.2) is 4.57 Å². The highest BCUT2D eigenvalue weighted by Crippen LogP contribution is 2.50. The van der Waals surface area contributed by atoms with E-state index in [4.69, 9.17) is 0 Å². The molecule has 0 spiro atoms. The van der Waals surface area contributed by atoms with E-state index in [1.165, 1.54) is 76.1 Å². The first kappa shape index (κ1) is 25.5. The van der Waals surface area contributed by atoms with Crippen molar-refractivity contribution in [3.8, 4) is 0 Å². The maximum atomic E-state index is 2.62. The van der Waals surface area contributed by atoms with Gasteiger partial charge in [0, 0.05) is 59.8 Å². The van der Waals surface area contributed by atoms with E-state index in [-0.39, 0.29) is 0 Å². The summed E-state index contributed by atoms with van der Waals surface area (Å²) in [5, 5.41) is 4.07. The van der Waals surface area contributed by atoms with Gasteiger partial charge in [0.2, 0.25) is 0 Å².